The van der Waals surface area contributed by atoms with Gasteiger partial charge in [-0.25, -0.2) is 9.38 Å². The minimum absolute atomic E-state index is 0.0232. The van der Waals surface area contributed by atoms with Crippen molar-refractivity contribution in [3.05, 3.63) is 91.5 Å². The van der Waals surface area contributed by atoms with Gasteiger partial charge in [-0.15, -0.1) is 0 Å². The van der Waals surface area contributed by atoms with Crippen molar-refractivity contribution in [3.63, 3.8) is 0 Å². The Kier molecular flexibility index (Phi) is 3.89. The summed E-state index contributed by atoms with van der Waals surface area (Å²) in [6.45, 7) is 4.12. The van der Waals surface area contributed by atoms with Crippen LogP contribution in [0.25, 0.3) is 27.8 Å². The number of imidazole rings is 1. The predicted octanol–water partition coefficient (Wildman–Crippen LogP) is 4.52. The molecule has 0 saturated heterocycles. The topological polar surface area (TPSA) is 39.3 Å². The first kappa shape index (κ1) is 17.2. The Balaban J connectivity index is 1.70. The van der Waals surface area contributed by atoms with Gasteiger partial charge >= 0.3 is 0 Å². The van der Waals surface area contributed by atoms with Crippen LogP contribution in [0.15, 0.2) is 59.4 Å². The van der Waals surface area contributed by atoms with Crippen LogP contribution in [-0.4, -0.2) is 14.0 Å². The predicted molar refractivity (Wildman–Crippen MR) is 116 cm³/mol. The standard InChI is InChI=1S/C22H16ClN3OS/c1-13-11-15(14(2)25(13)17-9-7-16(23)8-10-17)12-20-21(27)26-19-6-4-3-5-18(19)24-22(26)28-20/h3-12H,1-2H3/b20-12+. The van der Waals surface area contributed by atoms with E-state index in [0.29, 0.717) is 9.55 Å². The van der Waals surface area contributed by atoms with Crippen LogP contribution in [0.1, 0.15) is 17.0 Å². The molecule has 2 aromatic carbocycles. The normalized spacial score (nSPS) is 12.5. The molecule has 138 valence electrons. The van der Waals surface area contributed by atoms with Crippen LogP contribution in [-0.2, 0) is 0 Å². The summed E-state index contributed by atoms with van der Waals surface area (Å²) in [7, 11) is 0. The molecule has 0 aliphatic carbocycles. The number of thiazole rings is 1. The Morgan fingerprint density at radius 1 is 1.07 bits per heavy atom. The number of aryl methyl sites for hydroxylation is 1. The Labute approximate surface area is 169 Å². The number of benzene rings is 2. The van der Waals surface area contributed by atoms with E-state index in [1.165, 1.54) is 11.3 Å². The highest BCUT2D eigenvalue weighted by Gasteiger charge is 2.13. The lowest BCUT2D eigenvalue weighted by Gasteiger charge is -2.09. The number of hydrogen-bond acceptors (Lipinski definition) is 3. The van der Waals surface area contributed by atoms with Gasteiger partial charge in [0.1, 0.15) is 0 Å². The smallest absolute Gasteiger partial charge is 0.274 e. The number of para-hydroxylation sites is 2. The van der Waals surface area contributed by atoms with Gasteiger partial charge in [0, 0.05) is 22.1 Å². The Bertz CT molecular complexity index is 1460. The first-order valence-corrected chi connectivity index (χ1v) is 10.1. The van der Waals surface area contributed by atoms with E-state index in [4.69, 9.17) is 11.6 Å². The van der Waals surface area contributed by atoms with Crippen molar-refractivity contribution < 1.29 is 0 Å². The van der Waals surface area contributed by atoms with Gasteiger partial charge in [-0.1, -0.05) is 35.1 Å². The van der Waals surface area contributed by atoms with Gasteiger partial charge < -0.3 is 4.57 Å². The average Bonchev–Trinajstić information content (AvgIpc) is 3.28. The van der Waals surface area contributed by atoms with Crippen molar-refractivity contribution >= 4 is 45.0 Å². The summed E-state index contributed by atoms with van der Waals surface area (Å²) < 4.78 is 4.55. The van der Waals surface area contributed by atoms with Gasteiger partial charge in [-0.3, -0.25) is 4.79 Å². The Hall–Kier alpha value is -2.89. The number of fused-ring (bicyclic) bond motifs is 3. The third kappa shape index (κ3) is 2.58. The number of rotatable bonds is 2. The van der Waals surface area contributed by atoms with E-state index >= 15 is 0 Å². The molecule has 0 aliphatic heterocycles. The Morgan fingerprint density at radius 3 is 2.61 bits per heavy atom. The minimum atomic E-state index is -0.0232. The zero-order valence-electron chi connectivity index (χ0n) is 15.3. The van der Waals surface area contributed by atoms with Crippen LogP contribution in [0.3, 0.4) is 0 Å². The lowest BCUT2D eigenvalue weighted by molar-refractivity contribution is 0.964. The highest BCUT2D eigenvalue weighted by molar-refractivity contribution is 7.15. The lowest BCUT2D eigenvalue weighted by atomic mass is 10.2. The summed E-state index contributed by atoms with van der Waals surface area (Å²) in [5, 5.41) is 0.711. The van der Waals surface area contributed by atoms with Gasteiger partial charge in [0.25, 0.3) is 5.56 Å². The zero-order valence-corrected chi connectivity index (χ0v) is 16.9. The molecule has 3 heterocycles. The van der Waals surface area contributed by atoms with Gasteiger partial charge in [-0.05, 0) is 68.0 Å². The fraction of sp³-hybridized carbons (Fsp3) is 0.0909. The van der Waals surface area contributed by atoms with Gasteiger partial charge in [0.15, 0.2) is 4.96 Å². The highest BCUT2D eigenvalue weighted by Crippen LogP contribution is 2.23. The summed E-state index contributed by atoms with van der Waals surface area (Å²) in [6.07, 6.45) is 1.96. The third-order valence-electron chi connectivity index (χ3n) is 4.99. The van der Waals surface area contributed by atoms with Crippen LogP contribution < -0.4 is 10.1 Å². The maximum Gasteiger partial charge on any atom is 0.274 e. The molecule has 0 amide bonds. The van der Waals surface area contributed by atoms with E-state index in [1.807, 2.05) is 54.6 Å². The van der Waals surface area contributed by atoms with Crippen LogP contribution in [0, 0.1) is 13.8 Å². The third-order valence-corrected chi connectivity index (χ3v) is 6.21. The number of hydrogen-bond donors (Lipinski definition) is 0. The summed E-state index contributed by atoms with van der Waals surface area (Å²) in [6, 6.07) is 17.6. The average molecular weight is 406 g/mol. The van der Waals surface area contributed by atoms with E-state index in [2.05, 4.69) is 29.5 Å². The molecule has 6 heteroatoms. The van der Waals surface area contributed by atoms with E-state index < -0.39 is 0 Å². The van der Waals surface area contributed by atoms with Crippen LogP contribution in [0.2, 0.25) is 5.02 Å². The molecule has 0 aliphatic rings. The first-order valence-electron chi connectivity index (χ1n) is 8.89. The molecule has 0 bridgehead atoms. The molecule has 4 nitrogen and oxygen atoms in total. The molecule has 0 spiro atoms. The maximum atomic E-state index is 13.0. The molecule has 0 fully saturated rings. The van der Waals surface area contributed by atoms with E-state index in [-0.39, 0.29) is 5.56 Å². The molecule has 3 aromatic heterocycles. The summed E-state index contributed by atoms with van der Waals surface area (Å²) >= 11 is 7.44. The number of aromatic nitrogens is 3. The van der Waals surface area contributed by atoms with E-state index in [9.17, 15) is 4.79 Å². The van der Waals surface area contributed by atoms with E-state index in [1.54, 1.807) is 4.40 Å². The maximum absolute atomic E-state index is 13.0. The Morgan fingerprint density at radius 2 is 1.82 bits per heavy atom. The molecule has 0 saturated carbocycles. The van der Waals surface area contributed by atoms with Gasteiger partial charge in [0.2, 0.25) is 0 Å². The van der Waals surface area contributed by atoms with Crippen molar-refractivity contribution in [1.29, 1.82) is 0 Å². The summed E-state index contributed by atoms with van der Waals surface area (Å²) in [5.74, 6) is 0. The SMILES string of the molecule is Cc1cc(/C=c2/sc3nc4ccccc4n3c2=O)c(C)n1-c1ccc(Cl)cc1. The molecular weight excluding hydrogens is 390 g/mol. The lowest BCUT2D eigenvalue weighted by Crippen LogP contribution is -2.22. The second-order valence-corrected chi connectivity index (χ2v) is 8.22. The van der Waals surface area contributed by atoms with E-state index in [0.717, 1.165) is 38.6 Å². The minimum Gasteiger partial charge on any atom is -0.318 e. The van der Waals surface area contributed by atoms with Crippen molar-refractivity contribution in [2.24, 2.45) is 0 Å². The molecule has 5 aromatic rings. The fourth-order valence-electron chi connectivity index (χ4n) is 3.67. The molecule has 28 heavy (non-hydrogen) atoms. The first-order chi connectivity index (χ1) is 13.5. The number of nitrogens with zero attached hydrogens (tertiary/aromatic N) is 3. The quantitative estimate of drug-likeness (QED) is 0.433. The zero-order chi connectivity index (χ0) is 19.4. The van der Waals surface area contributed by atoms with Crippen LogP contribution >= 0.6 is 22.9 Å². The van der Waals surface area contributed by atoms with Crippen LogP contribution in [0.5, 0.6) is 0 Å². The monoisotopic (exact) mass is 405 g/mol. The molecule has 0 radical (unpaired) electrons. The van der Waals surface area contributed by atoms with Crippen molar-refractivity contribution in [3.8, 4) is 5.69 Å². The number of halogens is 1. The largest absolute Gasteiger partial charge is 0.318 e. The molecule has 0 atom stereocenters. The molecule has 0 unspecified atom stereocenters. The van der Waals surface area contributed by atoms with Gasteiger partial charge in [-0.2, -0.15) is 0 Å². The van der Waals surface area contributed by atoms with Gasteiger partial charge in [0.05, 0.1) is 15.6 Å². The van der Waals surface area contributed by atoms with Crippen molar-refractivity contribution in [2.75, 3.05) is 0 Å². The van der Waals surface area contributed by atoms with Crippen LogP contribution in [0.4, 0.5) is 0 Å². The van der Waals surface area contributed by atoms with Crippen molar-refractivity contribution in [1.82, 2.24) is 14.0 Å². The summed E-state index contributed by atoms with van der Waals surface area (Å²) in [4.78, 5) is 18.3. The second-order valence-electron chi connectivity index (χ2n) is 6.77. The summed E-state index contributed by atoms with van der Waals surface area (Å²) in [5.41, 5.74) is 5.93. The molecular formula is C22H16ClN3OS. The second kappa shape index (κ2) is 6.33. The molecule has 5 rings (SSSR count). The molecule has 0 N–H and O–H groups in total. The highest BCUT2D eigenvalue weighted by atomic mass is 35.5. The fourth-order valence-corrected chi connectivity index (χ4v) is 4.78. The van der Waals surface area contributed by atoms with Crippen molar-refractivity contribution in [2.45, 2.75) is 13.8 Å².